The van der Waals surface area contributed by atoms with Crippen molar-refractivity contribution in [2.45, 2.75) is 19.4 Å². The third kappa shape index (κ3) is 3.89. The lowest BCUT2D eigenvalue weighted by Gasteiger charge is -2.35. The molecule has 1 saturated heterocycles. The topological polar surface area (TPSA) is 67.2 Å². The second kappa shape index (κ2) is 8.06. The fraction of sp³-hybridized carbons (Fsp3) is 0.429. The Morgan fingerprint density at radius 2 is 2.18 bits per heavy atom. The molecule has 7 nitrogen and oxygen atoms in total. The van der Waals surface area contributed by atoms with E-state index < -0.39 is 0 Å². The molecule has 1 aliphatic rings. The van der Waals surface area contributed by atoms with Gasteiger partial charge in [-0.05, 0) is 43.5 Å². The molecule has 3 aromatic rings. The van der Waals surface area contributed by atoms with Crippen molar-refractivity contribution in [2.24, 2.45) is 13.0 Å². The summed E-state index contributed by atoms with van der Waals surface area (Å²) >= 11 is 0. The molecule has 0 N–H and O–H groups in total. The van der Waals surface area contributed by atoms with Crippen LogP contribution in [0.25, 0.3) is 11.2 Å². The molecule has 28 heavy (non-hydrogen) atoms. The van der Waals surface area contributed by atoms with Gasteiger partial charge in [-0.25, -0.2) is 9.97 Å². The summed E-state index contributed by atoms with van der Waals surface area (Å²) < 4.78 is 1.85. The number of amides is 1. The Kier molecular flexibility index (Phi) is 5.34. The quantitative estimate of drug-likeness (QED) is 0.682. The summed E-state index contributed by atoms with van der Waals surface area (Å²) in [6.07, 6.45) is 9.30. The molecule has 0 saturated carbocycles. The van der Waals surface area contributed by atoms with Crippen LogP contribution in [-0.2, 0) is 13.6 Å². The van der Waals surface area contributed by atoms with Crippen molar-refractivity contribution in [1.82, 2.24) is 29.3 Å². The van der Waals surface area contributed by atoms with Gasteiger partial charge in [-0.15, -0.1) is 0 Å². The molecule has 1 atom stereocenters. The van der Waals surface area contributed by atoms with E-state index in [1.807, 2.05) is 28.8 Å². The second-order valence-electron chi connectivity index (χ2n) is 7.70. The Bertz CT molecular complexity index is 954. The molecule has 0 bridgehead atoms. The van der Waals surface area contributed by atoms with E-state index in [9.17, 15) is 4.79 Å². The van der Waals surface area contributed by atoms with E-state index in [1.54, 1.807) is 24.8 Å². The summed E-state index contributed by atoms with van der Waals surface area (Å²) in [4.78, 5) is 30.4. The molecule has 1 aliphatic heterocycles. The van der Waals surface area contributed by atoms with Gasteiger partial charge in [0.15, 0.2) is 5.65 Å². The van der Waals surface area contributed by atoms with E-state index in [0.717, 1.165) is 44.7 Å². The van der Waals surface area contributed by atoms with E-state index in [0.29, 0.717) is 17.0 Å². The number of rotatable bonds is 5. The molecule has 1 amide bonds. The molecule has 146 valence electrons. The Labute approximate surface area is 165 Å². The number of pyridine rings is 2. The van der Waals surface area contributed by atoms with Gasteiger partial charge >= 0.3 is 0 Å². The van der Waals surface area contributed by atoms with Gasteiger partial charge in [0.1, 0.15) is 5.52 Å². The van der Waals surface area contributed by atoms with Crippen molar-refractivity contribution < 1.29 is 4.79 Å². The number of nitrogens with zero attached hydrogens (tertiary/aromatic N) is 6. The van der Waals surface area contributed by atoms with Crippen LogP contribution in [0.4, 0.5) is 0 Å². The number of aromatic nitrogens is 4. The first-order chi connectivity index (χ1) is 13.6. The van der Waals surface area contributed by atoms with Crippen LogP contribution in [-0.4, -0.2) is 61.9 Å². The minimum atomic E-state index is 0.0608. The van der Waals surface area contributed by atoms with Crippen LogP contribution in [0.5, 0.6) is 0 Å². The monoisotopic (exact) mass is 378 g/mol. The molecule has 7 heteroatoms. The Balaban J connectivity index is 1.42. The number of imidazole rings is 1. The van der Waals surface area contributed by atoms with Crippen molar-refractivity contribution in [3.05, 3.63) is 54.2 Å². The van der Waals surface area contributed by atoms with Crippen LogP contribution in [0.1, 0.15) is 28.8 Å². The zero-order valence-electron chi connectivity index (χ0n) is 16.5. The Morgan fingerprint density at radius 3 is 3.00 bits per heavy atom. The maximum Gasteiger partial charge on any atom is 0.256 e. The molecule has 1 unspecified atom stereocenters. The molecule has 0 aromatic carbocycles. The second-order valence-corrected chi connectivity index (χ2v) is 7.70. The Morgan fingerprint density at radius 1 is 1.29 bits per heavy atom. The first kappa shape index (κ1) is 18.6. The van der Waals surface area contributed by atoms with Gasteiger partial charge in [0.25, 0.3) is 5.91 Å². The fourth-order valence-corrected chi connectivity index (χ4v) is 4.08. The van der Waals surface area contributed by atoms with E-state index in [4.69, 9.17) is 0 Å². The molecular weight excluding hydrogens is 352 g/mol. The summed E-state index contributed by atoms with van der Waals surface area (Å²) in [6.45, 7) is 3.43. The van der Waals surface area contributed by atoms with Crippen molar-refractivity contribution in [1.29, 1.82) is 0 Å². The highest BCUT2D eigenvalue weighted by atomic mass is 16.2. The zero-order valence-corrected chi connectivity index (χ0v) is 16.5. The van der Waals surface area contributed by atoms with E-state index >= 15 is 0 Å². The predicted octanol–water partition coefficient (Wildman–Crippen LogP) is 2.35. The maximum absolute atomic E-state index is 13.2. The molecular formula is C21H26N6O. The minimum Gasteiger partial charge on any atom is -0.338 e. The summed E-state index contributed by atoms with van der Waals surface area (Å²) in [5.74, 6) is 0.533. The number of likely N-dealkylation sites (tertiary alicyclic amines) is 1. The molecule has 4 rings (SSSR count). The average molecular weight is 378 g/mol. The maximum atomic E-state index is 13.2. The van der Waals surface area contributed by atoms with Crippen LogP contribution in [0.3, 0.4) is 0 Å². The third-order valence-corrected chi connectivity index (χ3v) is 5.38. The number of fused-ring (bicyclic) bond motifs is 1. The van der Waals surface area contributed by atoms with Gasteiger partial charge in [0.2, 0.25) is 0 Å². The summed E-state index contributed by atoms with van der Waals surface area (Å²) in [5.41, 5.74) is 3.29. The molecule has 0 spiro atoms. The highest BCUT2D eigenvalue weighted by molar-refractivity contribution is 6.04. The molecule has 0 aliphatic carbocycles. The lowest BCUT2D eigenvalue weighted by molar-refractivity contribution is 0.0648. The first-order valence-electron chi connectivity index (χ1n) is 9.74. The SMILES string of the molecule is CN(Cc1cccnc1)CC1CCCN(C(=O)c2ccnc3c2ncn3C)C1. The standard InChI is InChI=1S/C21H26N6O/c1-25(12-16-5-3-8-22-11-16)13-17-6-4-10-27(14-17)21(28)18-7-9-23-20-19(18)24-15-26(20)2/h3,5,7-9,11,15,17H,4,6,10,12-14H2,1-2H3. The third-order valence-electron chi connectivity index (χ3n) is 5.38. The summed E-state index contributed by atoms with van der Waals surface area (Å²) in [7, 11) is 4.03. The normalized spacial score (nSPS) is 17.4. The number of piperidine rings is 1. The fourth-order valence-electron chi connectivity index (χ4n) is 4.08. The number of carbonyl (C=O) groups excluding carboxylic acids is 1. The predicted molar refractivity (Wildman–Crippen MR) is 108 cm³/mol. The van der Waals surface area contributed by atoms with Crippen molar-refractivity contribution in [3.63, 3.8) is 0 Å². The number of hydrogen-bond donors (Lipinski definition) is 0. The number of hydrogen-bond acceptors (Lipinski definition) is 5. The van der Waals surface area contributed by atoms with Gasteiger partial charge in [-0.1, -0.05) is 6.07 Å². The summed E-state index contributed by atoms with van der Waals surface area (Å²) in [5, 5.41) is 0. The Hall–Kier alpha value is -2.80. The first-order valence-corrected chi connectivity index (χ1v) is 9.74. The molecule has 0 radical (unpaired) electrons. The molecule has 4 heterocycles. The van der Waals surface area contributed by atoms with Gasteiger partial charge in [0, 0.05) is 51.8 Å². The highest BCUT2D eigenvalue weighted by Crippen LogP contribution is 2.22. The van der Waals surface area contributed by atoms with E-state index in [1.165, 1.54) is 5.56 Å². The van der Waals surface area contributed by atoms with Crippen LogP contribution in [0.2, 0.25) is 0 Å². The number of carbonyl (C=O) groups is 1. The van der Waals surface area contributed by atoms with Crippen LogP contribution in [0, 0.1) is 5.92 Å². The average Bonchev–Trinajstić information content (AvgIpc) is 3.09. The van der Waals surface area contributed by atoms with Crippen molar-refractivity contribution >= 4 is 17.1 Å². The molecule has 1 fully saturated rings. The summed E-state index contributed by atoms with van der Waals surface area (Å²) in [6, 6.07) is 5.86. The minimum absolute atomic E-state index is 0.0608. The number of aryl methyl sites for hydroxylation is 1. The van der Waals surface area contributed by atoms with Crippen LogP contribution < -0.4 is 0 Å². The van der Waals surface area contributed by atoms with E-state index in [2.05, 4.69) is 33.0 Å². The lowest BCUT2D eigenvalue weighted by atomic mass is 9.96. The smallest absolute Gasteiger partial charge is 0.256 e. The highest BCUT2D eigenvalue weighted by Gasteiger charge is 2.27. The van der Waals surface area contributed by atoms with Gasteiger partial charge in [0.05, 0.1) is 11.9 Å². The van der Waals surface area contributed by atoms with E-state index in [-0.39, 0.29) is 5.91 Å². The van der Waals surface area contributed by atoms with Crippen LogP contribution in [0.15, 0.2) is 43.1 Å². The van der Waals surface area contributed by atoms with Gasteiger partial charge in [-0.2, -0.15) is 0 Å². The largest absolute Gasteiger partial charge is 0.338 e. The van der Waals surface area contributed by atoms with Gasteiger partial charge < -0.3 is 14.4 Å². The zero-order chi connectivity index (χ0) is 19.5. The van der Waals surface area contributed by atoms with Gasteiger partial charge in [-0.3, -0.25) is 9.78 Å². The molecule has 3 aromatic heterocycles. The van der Waals surface area contributed by atoms with Crippen LogP contribution >= 0.6 is 0 Å². The lowest BCUT2D eigenvalue weighted by Crippen LogP contribution is -2.43. The van der Waals surface area contributed by atoms with Crippen molar-refractivity contribution in [2.75, 3.05) is 26.7 Å². The van der Waals surface area contributed by atoms with Crippen molar-refractivity contribution in [3.8, 4) is 0 Å².